The van der Waals surface area contributed by atoms with Crippen molar-refractivity contribution >= 4 is 35.2 Å². The number of anilines is 2. The van der Waals surface area contributed by atoms with Crippen molar-refractivity contribution in [3.05, 3.63) is 89.5 Å². The van der Waals surface area contributed by atoms with Gasteiger partial charge in [-0.3, -0.25) is 9.59 Å². The minimum atomic E-state index is -1.02. The molecule has 9 heteroatoms. The number of imide groups is 1. The molecule has 0 unspecified atom stereocenters. The fourth-order valence-electron chi connectivity index (χ4n) is 4.27. The number of aryl methyl sites for hydroxylation is 1. The first-order chi connectivity index (χ1) is 18.3. The van der Waals surface area contributed by atoms with Crippen molar-refractivity contribution in [3.63, 3.8) is 0 Å². The zero-order chi connectivity index (χ0) is 27.2. The van der Waals surface area contributed by atoms with Crippen molar-refractivity contribution in [3.8, 4) is 5.75 Å². The average molecular weight is 516 g/mol. The van der Waals surface area contributed by atoms with E-state index in [1.165, 1.54) is 11.0 Å². The maximum Gasteiger partial charge on any atom is 0.338 e. The van der Waals surface area contributed by atoms with E-state index < -0.39 is 29.9 Å². The minimum absolute atomic E-state index is 0.132. The number of hydrogen-bond donors (Lipinski definition) is 1. The Morgan fingerprint density at radius 3 is 2.39 bits per heavy atom. The summed E-state index contributed by atoms with van der Waals surface area (Å²) in [6.45, 7) is 3.95. The van der Waals surface area contributed by atoms with Crippen LogP contribution in [0.4, 0.5) is 16.2 Å². The van der Waals surface area contributed by atoms with Crippen LogP contribution in [0.15, 0.2) is 72.8 Å². The topological polar surface area (TPSA) is 105 Å². The van der Waals surface area contributed by atoms with Crippen LogP contribution in [0.25, 0.3) is 0 Å². The molecule has 9 nitrogen and oxygen atoms in total. The van der Waals surface area contributed by atoms with Crippen LogP contribution >= 0.6 is 0 Å². The summed E-state index contributed by atoms with van der Waals surface area (Å²) in [5.41, 5.74) is 2.81. The zero-order valence-electron chi connectivity index (χ0n) is 21.5. The Kier molecular flexibility index (Phi) is 8.06. The Labute approximate surface area is 220 Å². The normalized spacial score (nSPS) is 15.0. The molecule has 0 saturated carbocycles. The molecule has 1 heterocycles. The molecule has 0 aliphatic carbocycles. The van der Waals surface area contributed by atoms with E-state index in [4.69, 9.17) is 9.47 Å². The van der Waals surface area contributed by atoms with Gasteiger partial charge in [0.2, 0.25) is 5.91 Å². The zero-order valence-corrected chi connectivity index (χ0v) is 21.5. The number of amides is 4. The third-order valence-corrected chi connectivity index (χ3v) is 6.13. The van der Waals surface area contributed by atoms with E-state index in [1.807, 2.05) is 25.1 Å². The maximum atomic E-state index is 13.5. The second kappa shape index (κ2) is 11.6. The van der Waals surface area contributed by atoms with Gasteiger partial charge in [0.25, 0.3) is 5.91 Å². The molecule has 1 aliphatic heterocycles. The summed E-state index contributed by atoms with van der Waals surface area (Å²) in [5, 5.41) is 2.73. The highest BCUT2D eigenvalue weighted by Gasteiger charge is 2.46. The van der Waals surface area contributed by atoms with Gasteiger partial charge >= 0.3 is 12.0 Å². The Morgan fingerprint density at radius 1 is 0.974 bits per heavy atom. The molecule has 1 aliphatic rings. The average Bonchev–Trinajstić information content (AvgIpc) is 3.13. The van der Waals surface area contributed by atoms with Gasteiger partial charge in [0, 0.05) is 12.2 Å². The predicted molar refractivity (Wildman–Crippen MR) is 142 cm³/mol. The molecule has 0 aromatic heterocycles. The van der Waals surface area contributed by atoms with Crippen LogP contribution in [0, 0.1) is 6.92 Å². The molecule has 1 atom stereocenters. The highest BCUT2D eigenvalue weighted by Crippen LogP contribution is 2.29. The number of carbonyl (C=O) groups is 4. The molecule has 1 fully saturated rings. The quantitative estimate of drug-likeness (QED) is 0.331. The van der Waals surface area contributed by atoms with Crippen molar-refractivity contribution in [1.29, 1.82) is 0 Å². The van der Waals surface area contributed by atoms with Crippen LogP contribution < -0.4 is 15.0 Å². The number of benzene rings is 3. The van der Waals surface area contributed by atoms with Crippen molar-refractivity contribution in [2.45, 2.75) is 32.9 Å². The first-order valence-corrected chi connectivity index (χ1v) is 12.2. The second-order valence-corrected chi connectivity index (χ2v) is 8.84. The number of carbonyl (C=O) groups excluding carboxylic acids is 4. The number of ether oxygens (including phenoxy) is 2. The molecule has 4 amide bonds. The van der Waals surface area contributed by atoms with Gasteiger partial charge < -0.3 is 19.7 Å². The largest absolute Gasteiger partial charge is 0.497 e. The predicted octanol–water partition coefficient (Wildman–Crippen LogP) is 4.55. The summed E-state index contributed by atoms with van der Waals surface area (Å²) < 4.78 is 10.2. The van der Waals surface area contributed by atoms with Crippen LogP contribution in [0.3, 0.4) is 0 Å². The molecule has 4 rings (SSSR count). The van der Waals surface area contributed by atoms with Crippen LogP contribution in [0.2, 0.25) is 0 Å². The van der Waals surface area contributed by atoms with E-state index in [0.717, 1.165) is 16.0 Å². The van der Waals surface area contributed by atoms with Gasteiger partial charge in [-0.25, -0.2) is 14.5 Å². The van der Waals surface area contributed by atoms with Gasteiger partial charge in [-0.2, -0.15) is 0 Å². The standard InChI is InChI=1S/C29H29N3O6/c1-4-38-28(35)21-8-6-9-22(16-21)30-26(33)17-25-27(34)32(23-10-5-7-19(2)15-23)29(36)31(25)18-20-11-13-24(37-3)14-12-20/h5-16,25H,4,17-18H2,1-3H3,(H,30,33)/t25-/m0/s1. The summed E-state index contributed by atoms with van der Waals surface area (Å²) >= 11 is 0. The monoisotopic (exact) mass is 515 g/mol. The molecule has 196 valence electrons. The molecule has 3 aromatic rings. The summed E-state index contributed by atoms with van der Waals surface area (Å²) in [6.07, 6.45) is -0.257. The Morgan fingerprint density at radius 2 is 1.71 bits per heavy atom. The Hall–Kier alpha value is -4.66. The van der Waals surface area contributed by atoms with E-state index in [0.29, 0.717) is 22.7 Å². The fraction of sp³-hybridized carbons (Fsp3) is 0.241. The summed E-state index contributed by atoms with van der Waals surface area (Å²) in [5.74, 6) is -0.785. The number of nitrogens with zero attached hydrogens (tertiary/aromatic N) is 2. The van der Waals surface area contributed by atoms with Crippen LogP contribution in [-0.2, 0) is 20.9 Å². The Bertz CT molecular complexity index is 1350. The highest BCUT2D eigenvalue weighted by molar-refractivity contribution is 6.22. The molecular weight excluding hydrogens is 486 g/mol. The van der Waals surface area contributed by atoms with E-state index in [-0.39, 0.29) is 19.6 Å². The van der Waals surface area contributed by atoms with Crippen molar-refractivity contribution in [1.82, 2.24) is 4.90 Å². The van der Waals surface area contributed by atoms with Crippen molar-refractivity contribution in [2.24, 2.45) is 0 Å². The summed E-state index contributed by atoms with van der Waals surface area (Å²) in [7, 11) is 1.56. The van der Waals surface area contributed by atoms with E-state index in [2.05, 4.69) is 5.32 Å². The lowest BCUT2D eigenvalue weighted by atomic mass is 10.1. The first-order valence-electron chi connectivity index (χ1n) is 12.2. The number of rotatable bonds is 9. The lowest BCUT2D eigenvalue weighted by Crippen LogP contribution is -2.37. The molecular formula is C29H29N3O6. The third kappa shape index (κ3) is 5.83. The van der Waals surface area contributed by atoms with E-state index >= 15 is 0 Å². The number of urea groups is 1. The molecule has 0 bridgehead atoms. The molecule has 1 N–H and O–H groups in total. The van der Waals surface area contributed by atoms with Gasteiger partial charge in [-0.05, 0) is 67.4 Å². The Balaban J connectivity index is 1.57. The van der Waals surface area contributed by atoms with Crippen LogP contribution in [-0.4, -0.2) is 48.5 Å². The third-order valence-electron chi connectivity index (χ3n) is 6.13. The van der Waals surface area contributed by atoms with Crippen molar-refractivity contribution in [2.75, 3.05) is 23.9 Å². The molecule has 0 radical (unpaired) electrons. The lowest BCUT2D eigenvalue weighted by Gasteiger charge is -2.22. The fourth-order valence-corrected chi connectivity index (χ4v) is 4.27. The van der Waals surface area contributed by atoms with E-state index in [1.54, 1.807) is 62.6 Å². The van der Waals surface area contributed by atoms with E-state index in [9.17, 15) is 19.2 Å². The number of hydrogen-bond acceptors (Lipinski definition) is 6. The highest BCUT2D eigenvalue weighted by atomic mass is 16.5. The minimum Gasteiger partial charge on any atom is -0.497 e. The second-order valence-electron chi connectivity index (χ2n) is 8.84. The lowest BCUT2D eigenvalue weighted by molar-refractivity contribution is -0.124. The van der Waals surface area contributed by atoms with Crippen molar-refractivity contribution < 1.29 is 28.7 Å². The molecule has 3 aromatic carbocycles. The maximum absolute atomic E-state index is 13.5. The summed E-state index contributed by atoms with van der Waals surface area (Å²) in [4.78, 5) is 54.7. The van der Waals surface area contributed by atoms with Crippen LogP contribution in [0.1, 0.15) is 34.8 Å². The molecule has 0 spiro atoms. The number of esters is 1. The van der Waals surface area contributed by atoms with Gasteiger partial charge in [-0.15, -0.1) is 0 Å². The SMILES string of the molecule is CCOC(=O)c1cccc(NC(=O)C[C@H]2C(=O)N(c3cccc(C)c3)C(=O)N2Cc2ccc(OC)cc2)c1. The molecule has 38 heavy (non-hydrogen) atoms. The van der Waals surface area contributed by atoms with Gasteiger partial charge in [0.15, 0.2) is 0 Å². The van der Waals surface area contributed by atoms with Crippen LogP contribution in [0.5, 0.6) is 5.75 Å². The number of methoxy groups -OCH3 is 1. The first kappa shape index (κ1) is 26.4. The van der Waals surface area contributed by atoms with Gasteiger partial charge in [-0.1, -0.05) is 30.3 Å². The van der Waals surface area contributed by atoms with Gasteiger partial charge in [0.05, 0.1) is 31.4 Å². The van der Waals surface area contributed by atoms with Gasteiger partial charge in [0.1, 0.15) is 11.8 Å². The smallest absolute Gasteiger partial charge is 0.338 e. The number of nitrogens with one attached hydrogen (secondary N) is 1. The summed E-state index contributed by atoms with van der Waals surface area (Å²) in [6, 6.07) is 19.1. The molecule has 1 saturated heterocycles.